The van der Waals surface area contributed by atoms with Crippen LogP contribution in [-0.2, 0) is 14.4 Å². The number of carboxylic acid groups (broad SMARTS) is 2. The minimum Gasteiger partial charge on any atom is -0.505 e. The number of aromatic amines is 2. The Hall–Kier alpha value is -7.00. The first-order valence-corrected chi connectivity index (χ1v) is 29.7. The normalized spacial score (nSPS) is 10.3. The van der Waals surface area contributed by atoms with Gasteiger partial charge in [-0.15, -0.1) is 30.6 Å². The van der Waals surface area contributed by atoms with Gasteiger partial charge in [0.15, 0.2) is 38.5 Å². The second-order valence-electron chi connectivity index (χ2n) is 19.2. The summed E-state index contributed by atoms with van der Waals surface area (Å²) in [6, 6.07) is 18.5. The molecule has 0 spiro atoms. The van der Waals surface area contributed by atoms with Crippen molar-refractivity contribution in [3.63, 3.8) is 0 Å². The van der Waals surface area contributed by atoms with Gasteiger partial charge in [0, 0.05) is 52.1 Å². The van der Waals surface area contributed by atoms with Crippen molar-refractivity contribution in [2.24, 2.45) is 0 Å². The summed E-state index contributed by atoms with van der Waals surface area (Å²) in [4.78, 5) is 51.8. The van der Waals surface area contributed by atoms with Gasteiger partial charge in [0.05, 0.1) is 40.2 Å². The predicted octanol–water partition coefficient (Wildman–Crippen LogP) is 17.1. The fourth-order valence-corrected chi connectivity index (χ4v) is 9.56. The number of hydrogen-bond acceptors (Lipinski definition) is 19. The number of phenols is 1. The van der Waals surface area contributed by atoms with Crippen LogP contribution in [0.15, 0.2) is 82.4 Å². The topological polar surface area (TPSA) is 373 Å². The third-order valence-electron chi connectivity index (χ3n) is 10.8. The summed E-state index contributed by atoms with van der Waals surface area (Å²) in [5, 5.41) is 58.1. The highest BCUT2D eigenvalue weighted by Crippen LogP contribution is 2.41. The number of carboxylic acids is 2. The van der Waals surface area contributed by atoms with E-state index in [0.29, 0.717) is 65.3 Å². The molecule has 91 heavy (non-hydrogen) atoms. The number of ether oxygens (including phenoxy) is 3. The van der Waals surface area contributed by atoms with Crippen LogP contribution in [0.2, 0.25) is 55.6 Å². The summed E-state index contributed by atoms with van der Waals surface area (Å²) >= 11 is 64.8. The van der Waals surface area contributed by atoms with E-state index in [1.807, 2.05) is 55.4 Å². The molecule has 34 heteroatoms. The average Bonchev–Trinajstić information content (AvgIpc) is 1.35. The minimum absolute atomic E-state index is 0. The fourth-order valence-electron chi connectivity index (χ4n) is 6.55. The molecule has 0 bridgehead atoms. The lowest BCUT2D eigenvalue weighted by molar-refractivity contribution is -0.143. The Balaban J connectivity index is 0.000000390. The van der Waals surface area contributed by atoms with E-state index < -0.39 is 11.9 Å². The van der Waals surface area contributed by atoms with Crippen molar-refractivity contribution in [2.75, 3.05) is 29.1 Å². The van der Waals surface area contributed by atoms with Crippen molar-refractivity contribution in [1.29, 1.82) is 0 Å². The number of benzene rings is 4. The Labute approximate surface area is 576 Å². The van der Waals surface area contributed by atoms with Crippen molar-refractivity contribution in [1.82, 2.24) is 40.8 Å². The van der Waals surface area contributed by atoms with Crippen LogP contribution >= 0.6 is 128 Å². The van der Waals surface area contributed by atoms with Crippen LogP contribution in [0.25, 0.3) is 0 Å². The van der Waals surface area contributed by atoms with E-state index in [2.05, 4.69) is 46.1 Å². The SMILES string of the molecule is C.CC(C)c1cc(Cl)nnc1Cl.CC(C)c1cc(Oc2c(Cl)cc(N)cc2Cl)n[nH]c1=O.CC(C)c1cc(Oc2c(Cl)cc(N)cc2Cl)nnc1Cl.CC(C)c1cc(Oc2c(Cl)cc(NCC(=O)O)cc2Cl)n[nH]c1=O.Nc1cc(Cl)c(O)c(Cl)c1.O=CC(=O)O. The second kappa shape index (κ2) is 38.1. The maximum Gasteiger partial charge on any atom is 0.368 e. The molecule has 4 aromatic carbocycles. The standard InChI is InChI=1S/C15H15Cl2N3O4.C13H12Cl3N3O.C13H13Cl2N3O2.C7H8Cl2N2.C6H5Cl2NO.C2H2O3.CH4/c1-7(2)9-5-12(19-20-15(9)23)24-14-10(16)3-8(4-11(14)17)18-6-13(21)22;1-6(2)8-5-11(18-19-13(8)16)20-12-9(14)3-7(17)4-10(12)15;1-6(2)8-5-11(17-18-13(8)19)20-12-9(14)3-7(16)4-10(12)15;1-4(2)5-3-6(8)10-11-7(5)9;7-4-1-3(9)2-5(8)6(4)10;3-1-2(4)5;/h3-5,7,18H,6H2,1-2H3,(H,20,23)(H,21,22);3-6H,17H2,1-2H3;3-6H,16H2,1-2H3,(H,18,19);3-4H,1-2H3;1-2,10H,9H2;1H,(H,4,5);1H4. The van der Waals surface area contributed by atoms with Crippen LogP contribution in [0.1, 0.15) is 109 Å². The first-order valence-electron chi connectivity index (χ1n) is 25.5. The van der Waals surface area contributed by atoms with Gasteiger partial charge in [0.2, 0.25) is 23.9 Å². The van der Waals surface area contributed by atoms with E-state index in [9.17, 15) is 14.4 Å². The summed E-state index contributed by atoms with van der Waals surface area (Å²) < 4.78 is 16.7. The predicted molar refractivity (Wildman–Crippen MR) is 363 cm³/mol. The van der Waals surface area contributed by atoms with Crippen molar-refractivity contribution >= 4 is 169 Å². The number of halogens is 11. The molecule has 0 amide bonds. The average molecular weight is 1480 g/mol. The van der Waals surface area contributed by atoms with Gasteiger partial charge in [-0.05, 0) is 89.4 Å². The van der Waals surface area contributed by atoms with Crippen LogP contribution in [-0.4, -0.2) is 80.9 Å². The number of rotatable bonds is 14. The molecule has 0 unspecified atom stereocenters. The number of nitrogens with two attached hydrogens (primary N) is 3. The minimum atomic E-state index is -1.43. The van der Waals surface area contributed by atoms with Crippen LogP contribution in [0.3, 0.4) is 0 Å². The number of hydrogen-bond donors (Lipinski definition) is 9. The molecule has 12 N–H and O–H groups in total. The number of aromatic nitrogens is 8. The van der Waals surface area contributed by atoms with E-state index in [1.54, 1.807) is 30.3 Å². The molecule has 8 aromatic rings. The lowest BCUT2D eigenvalue weighted by Crippen LogP contribution is -2.15. The molecular formula is C57H59Cl11N12O11. The highest BCUT2D eigenvalue weighted by Gasteiger charge is 2.18. The van der Waals surface area contributed by atoms with Gasteiger partial charge in [0.1, 0.15) is 6.54 Å². The number of carbonyl (C=O) groups excluding carboxylic acids is 1. The Morgan fingerprint density at radius 1 is 0.495 bits per heavy atom. The second-order valence-corrected chi connectivity index (χ2v) is 23.5. The van der Waals surface area contributed by atoms with E-state index in [1.165, 1.54) is 42.5 Å². The number of nitrogen functional groups attached to an aromatic ring is 3. The van der Waals surface area contributed by atoms with E-state index >= 15 is 0 Å². The van der Waals surface area contributed by atoms with E-state index in [0.717, 1.165) is 11.1 Å². The molecular weight excluding hydrogens is 1420 g/mol. The molecule has 0 aliphatic heterocycles. The summed E-state index contributed by atoms with van der Waals surface area (Å²) in [6.45, 7) is 15.3. The van der Waals surface area contributed by atoms with E-state index in [4.69, 9.17) is 184 Å². The number of H-pyrrole nitrogens is 2. The van der Waals surface area contributed by atoms with E-state index in [-0.39, 0.29) is 120 Å². The number of anilines is 4. The van der Waals surface area contributed by atoms with Crippen molar-refractivity contribution in [3.05, 3.63) is 171 Å². The number of nitrogens with one attached hydrogen (secondary N) is 3. The number of nitrogens with zero attached hydrogens (tertiary/aromatic N) is 6. The number of aldehydes is 1. The van der Waals surface area contributed by atoms with Crippen LogP contribution in [0.4, 0.5) is 22.7 Å². The van der Waals surface area contributed by atoms with Gasteiger partial charge in [0.25, 0.3) is 11.1 Å². The third kappa shape index (κ3) is 26.3. The van der Waals surface area contributed by atoms with Gasteiger partial charge in [-0.3, -0.25) is 19.2 Å². The van der Waals surface area contributed by atoms with Gasteiger partial charge in [-0.2, -0.15) is 0 Å². The molecule has 0 saturated carbocycles. The number of aliphatic carboxylic acids is 2. The quantitative estimate of drug-likeness (QED) is 0.0211. The molecule has 0 saturated heterocycles. The first kappa shape index (κ1) is 80.1. The lowest BCUT2D eigenvalue weighted by Gasteiger charge is -2.12. The molecule has 0 aliphatic rings. The van der Waals surface area contributed by atoms with Gasteiger partial charge < -0.3 is 52.0 Å². The maximum atomic E-state index is 11.7. The molecule has 8 rings (SSSR count). The number of carbonyl (C=O) groups is 3. The smallest absolute Gasteiger partial charge is 0.368 e. The lowest BCUT2D eigenvalue weighted by atomic mass is 10.1. The summed E-state index contributed by atoms with van der Waals surface area (Å²) in [6.07, 6.45) is -0.167. The maximum absolute atomic E-state index is 11.7. The molecule has 0 atom stereocenters. The van der Waals surface area contributed by atoms with Crippen LogP contribution in [0.5, 0.6) is 40.6 Å². The molecule has 23 nitrogen and oxygen atoms in total. The molecule has 0 fully saturated rings. The summed E-state index contributed by atoms with van der Waals surface area (Å²) in [5.74, 6) is -0.688. The van der Waals surface area contributed by atoms with Crippen molar-refractivity contribution in [2.45, 2.75) is 86.5 Å². The van der Waals surface area contributed by atoms with Crippen molar-refractivity contribution < 1.29 is 43.9 Å². The third-order valence-corrected chi connectivity index (χ3v) is 13.9. The molecule has 4 aromatic heterocycles. The monoisotopic (exact) mass is 1470 g/mol. The Bertz CT molecular complexity index is 3850. The van der Waals surface area contributed by atoms with Gasteiger partial charge in [-0.25, -0.2) is 15.0 Å². The van der Waals surface area contributed by atoms with Crippen LogP contribution < -0.4 is 47.8 Å². The largest absolute Gasteiger partial charge is 0.505 e. The first-order chi connectivity index (χ1) is 42.0. The molecule has 490 valence electrons. The molecule has 4 heterocycles. The zero-order valence-corrected chi connectivity index (χ0v) is 56.5. The zero-order valence-electron chi connectivity index (χ0n) is 48.2. The molecule has 0 radical (unpaired) electrons. The zero-order chi connectivity index (χ0) is 68.0. The summed E-state index contributed by atoms with van der Waals surface area (Å²) in [5.41, 5.74) is 20.7. The van der Waals surface area contributed by atoms with Gasteiger partial charge in [-0.1, -0.05) is 190 Å². The Kier molecular flexibility index (Phi) is 33.5. The Morgan fingerprint density at radius 2 is 0.802 bits per heavy atom. The number of aromatic hydroxyl groups is 1. The van der Waals surface area contributed by atoms with Crippen molar-refractivity contribution in [3.8, 4) is 40.6 Å². The fraction of sp³-hybridized carbons (Fsp3) is 0.246. The molecule has 0 aliphatic carbocycles. The van der Waals surface area contributed by atoms with Crippen LogP contribution in [0, 0.1) is 0 Å². The highest BCUT2D eigenvalue weighted by molar-refractivity contribution is 6.39. The Morgan fingerprint density at radius 3 is 1.13 bits per heavy atom. The summed E-state index contributed by atoms with van der Waals surface area (Å²) in [7, 11) is 0. The highest BCUT2D eigenvalue weighted by atomic mass is 35.5. The van der Waals surface area contributed by atoms with Gasteiger partial charge >= 0.3 is 11.9 Å². The number of phenolic OH excluding ortho intramolecular Hbond substituents is 1.